The van der Waals surface area contributed by atoms with Crippen LogP contribution in [0.1, 0.15) is 40.7 Å². The Balaban J connectivity index is 2.54. The minimum absolute atomic E-state index is 0.0395. The highest BCUT2D eigenvalue weighted by atomic mass is 32.1. The van der Waals surface area contributed by atoms with Gasteiger partial charge in [0, 0.05) is 5.56 Å². The largest absolute Gasteiger partial charge is 0.477 e. The van der Waals surface area contributed by atoms with E-state index in [9.17, 15) is 14.3 Å². The molecule has 0 aliphatic rings. The second kappa shape index (κ2) is 5.09. The summed E-state index contributed by atoms with van der Waals surface area (Å²) in [6.45, 7) is 5.48. The van der Waals surface area contributed by atoms with Gasteiger partial charge in [0.2, 0.25) is 0 Å². The summed E-state index contributed by atoms with van der Waals surface area (Å²) in [4.78, 5) is 15.8. The molecule has 100 valence electrons. The molecular formula is C14H14FNO2S. The second-order valence-corrected chi connectivity index (χ2v) is 5.66. The van der Waals surface area contributed by atoms with E-state index >= 15 is 0 Å². The average molecular weight is 279 g/mol. The predicted octanol–water partition coefficient (Wildman–Crippen LogP) is 4.08. The van der Waals surface area contributed by atoms with Crippen LogP contribution in [0.15, 0.2) is 18.2 Å². The maximum absolute atomic E-state index is 13.2. The van der Waals surface area contributed by atoms with Crippen molar-refractivity contribution < 1.29 is 14.3 Å². The first-order valence-electron chi connectivity index (χ1n) is 5.90. The fourth-order valence-corrected chi connectivity index (χ4v) is 2.83. The first-order valence-corrected chi connectivity index (χ1v) is 6.72. The smallest absolute Gasteiger partial charge is 0.347 e. The van der Waals surface area contributed by atoms with Crippen molar-refractivity contribution >= 4 is 17.3 Å². The number of aromatic carboxylic acids is 1. The Kier molecular flexibility index (Phi) is 3.66. The molecule has 2 rings (SSSR count). The number of carboxylic acid groups (broad SMARTS) is 1. The highest BCUT2D eigenvalue weighted by Crippen LogP contribution is 2.32. The Morgan fingerprint density at radius 3 is 2.58 bits per heavy atom. The van der Waals surface area contributed by atoms with E-state index in [4.69, 9.17) is 0 Å². The lowest BCUT2D eigenvalue weighted by Crippen LogP contribution is -2.00. The molecule has 0 fully saturated rings. The molecule has 0 saturated heterocycles. The molecule has 0 aliphatic heterocycles. The van der Waals surface area contributed by atoms with Crippen molar-refractivity contribution in [2.24, 2.45) is 0 Å². The zero-order valence-electron chi connectivity index (χ0n) is 10.9. The van der Waals surface area contributed by atoms with Crippen molar-refractivity contribution in [3.05, 3.63) is 40.2 Å². The number of rotatable bonds is 3. The molecule has 19 heavy (non-hydrogen) atoms. The number of carbonyl (C=O) groups is 1. The van der Waals surface area contributed by atoms with E-state index < -0.39 is 5.97 Å². The molecule has 3 nitrogen and oxygen atoms in total. The number of benzene rings is 1. The van der Waals surface area contributed by atoms with Crippen molar-refractivity contribution in [2.75, 3.05) is 0 Å². The minimum atomic E-state index is -0.966. The van der Waals surface area contributed by atoms with Crippen LogP contribution >= 0.6 is 11.3 Å². The summed E-state index contributed by atoms with van der Waals surface area (Å²) in [6, 6.07) is 4.68. The van der Waals surface area contributed by atoms with Gasteiger partial charge in [-0.1, -0.05) is 13.8 Å². The molecule has 0 unspecified atom stereocenters. The van der Waals surface area contributed by atoms with Gasteiger partial charge < -0.3 is 5.11 Å². The Labute approximate surface area is 114 Å². The number of hydrogen-bond donors (Lipinski definition) is 1. The van der Waals surface area contributed by atoms with E-state index in [1.54, 1.807) is 19.1 Å². The molecule has 0 radical (unpaired) electrons. The molecule has 1 N–H and O–H groups in total. The average Bonchev–Trinajstić information content (AvgIpc) is 2.78. The maximum atomic E-state index is 13.2. The number of halogens is 1. The molecule has 0 saturated carbocycles. The second-order valence-electron chi connectivity index (χ2n) is 4.66. The number of hydrogen-bond acceptors (Lipinski definition) is 3. The van der Waals surface area contributed by atoms with Gasteiger partial charge in [0.25, 0.3) is 0 Å². The van der Waals surface area contributed by atoms with Gasteiger partial charge in [-0.15, -0.1) is 11.3 Å². The zero-order chi connectivity index (χ0) is 14.2. The number of thiazole rings is 1. The van der Waals surface area contributed by atoms with Crippen LogP contribution in [0.4, 0.5) is 4.39 Å². The molecule has 2 aromatic rings. The summed E-state index contributed by atoms with van der Waals surface area (Å²) >= 11 is 1.13. The lowest BCUT2D eigenvalue weighted by atomic mass is 10.1. The Hall–Kier alpha value is -1.75. The fourth-order valence-electron chi connectivity index (χ4n) is 1.78. The van der Waals surface area contributed by atoms with E-state index in [1.807, 2.05) is 13.8 Å². The van der Waals surface area contributed by atoms with Crippen LogP contribution in [0.25, 0.3) is 10.6 Å². The Bertz CT molecular complexity index is 634. The summed E-state index contributed by atoms with van der Waals surface area (Å²) in [5.74, 6) is -1.20. The van der Waals surface area contributed by atoms with E-state index in [0.29, 0.717) is 16.3 Å². The van der Waals surface area contributed by atoms with Gasteiger partial charge in [-0.25, -0.2) is 14.2 Å². The Morgan fingerprint density at radius 2 is 2.11 bits per heavy atom. The van der Waals surface area contributed by atoms with Crippen LogP contribution in [0, 0.1) is 12.7 Å². The van der Waals surface area contributed by atoms with Crippen molar-refractivity contribution in [1.29, 1.82) is 0 Å². The highest BCUT2D eigenvalue weighted by Gasteiger charge is 2.20. The van der Waals surface area contributed by atoms with Gasteiger partial charge >= 0.3 is 5.97 Å². The van der Waals surface area contributed by atoms with Gasteiger partial charge in [-0.05, 0) is 36.6 Å². The monoisotopic (exact) mass is 279 g/mol. The Morgan fingerprint density at radius 1 is 1.42 bits per heavy atom. The molecule has 1 aromatic heterocycles. The fraction of sp³-hybridized carbons (Fsp3) is 0.286. The first kappa shape index (κ1) is 13.7. The molecule has 5 heteroatoms. The predicted molar refractivity (Wildman–Crippen MR) is 73.3 cm³/mol. The molecule has 1 aromatic carbocycles. The van der Waals surface area contributed by atoms with Crippen LogP contribution in [0.2, 0.25) is 0 Å². The standard InChI is InChI=1S/C14H14FNO2S/c1-7(2)11-12(14(17)18)19-13(16-11)9-4-5-10(15)8(3)6-9/h4-7H,1-3H3,(H,17,18). The third-order valence-corrected chi connectivity index (χ3v) is 3.91. The molecule has 0 spiro atoms. The summed E-state index contributed by atoms with van der Waals surface area (Å²) in [5, 5.41) is 9.80. The summed E-state index contributed by atoms with van der Waals surface area (Å²) in [5.41, 5.74) is 1.85. The van der Waals surface area contributed by atoms with Crippen molar-refractivity contribution in [1.82, 2.24) is 4.98 Å². The van der Waals surface area contributed by atoms with Gasteiger partial charge in [0.15, 0.2) is 0 Å². The van der Waals surface area contributed by atoms with Crippen molar-refractivity contribution in [3.8, 4) is 10.6 Å². The van der Waals surface area contributed by atoms with Gasteiger partial charge in [-0.3, -0.25) is 0 Å². The van der Waals surface area contributed by atoms with E-state index in [1.165, 1.54) is 6.07 Å². The summed E-state index contributed by atoms with van der Waals surface area (Å²) in [7, 11) is 0. The molecule has 0 bridgehead atoms. The molecule has 1 heterocycles. The molecule has 0 atom stereocenters. The van der Waals surface area contributed by atoms with Gasteiger partial charge in [0.05, 0.1) is 5.69 Å². The quantitative estimate of drug-likeness (QED) is 0.921. The maximum Gasteiger partial charge on any atom is 0.347 e. The van der Waals surface area contributed by atoms with Crippen molar-refractivity contribution in [2.45, 2.75) is 26.7 Å². The topological polar surface area (TPSA) is 50.2 Å². The van der Waals surface area contributed by atoms with E-state index in [0.717, 1.165) is 16.9 Å². The van der Waals surface area contributed by atoms with Crippen molar-refractivity contribution in [3.63, 3.8) is 0 Å². The summed E-state index contributed by atoms with van der Waals surface area (Å²) < 4.78 is 13.2. The summed E-state index contributed by atoms with van der Waals surface area (Å²) in [6.07, 6.45) is 0. The SMILES string of the molecule is Cc1cc(-c2nc(C(C)C)c(C(=O)O)s2)ccc1F. The number of nitrogens with zero attached hydrogens (tertiary/aromatic N) is 1. The minimum Gasteiger partial charge on any atom is -0.477 e. The zero-order valence-corrected chi connectivity index (χ0v) is 11.7. The third kappa shape index (κ3) is 2.66. The lowest BCUT2D eigenvalue weighted by molar-refractivity contribution is 0.0700. The van der Waals surface area contributed by atoms with Gasteiger partial charge in [-0.2, -0.15) is 0 Å². The normalized spacial score (nSPS) is 11.0. The molecular weight excluding hydrogens is 265 g/mol. The van der Waals surface area contributed by atoms with Crippen LogP contribution in [0.3, 0.4) is 0 Å². The first-order chi connectivity index (χ1) is 8.90. The number of aryl methyl sites for hydroxylation is 1. The van der Waals surface area contributed by atoms with E-state index in [-0.39, 0.29) is 16.6 Å². The molecule has 0 amide bonds. The van der Waals surface area contributed by atoms with E-state index in [2.05, 4.69) is 4.98 Å². The third-order valence-electron chi connectivity index (χ3n) is 2.80. The van der Waals surface area contributed by atoms with Crippen LogP contribution in [-0.4, -0.2) is 16.1 Å². The number of aromatic nitrogens is 1. The van der Waals surface area contributed by atoms with Crippen LogP contribution < -0.4 is 0 Å². The van der Waals surface area contributed by atoms with Crippen LogP contribution in [0.5, 0.6) is 0 Å². The highest BCUT2D eigenvalue weighted by molar-refractivity contribution is 7.17. The number of carboxylic acids is 1. The molecule has 0 aliphatic carbocycles. The van der Waals surface area contributed by atoms with Gasteiger partial charge in [0.1, 0.15) is 15.7 Å². The van der Waals surface area contributed by atoms with Crippen LogP contribution in [-0.2, 0) is 0 Å². The lowest BCUT2D eigenvalue weighted by Gasteiger charge is -2.01.